The molecular weight excluding hydrogens is 403 g/mol. The molecule has 9 heteroatoms. The Bertz CT molecular complexity index is 1200. The summed E-state index contributed by atoms with van der Waals surface area (Å²) in [5.41, 5.74) is -0.412. The van der Waals surface area contributed by atoms with E-state index in [1.807, 2.05) is 0 Å². The van der Waals surface area contributed by atoms with Gasteiger partial charge < -0.3 is 0 Å². The molecule has 2 aromatic carbocycles. The van der Waals surface area contributed by atoms with Crippen LogP contribution in [0, 0.1) is 13.5 Å². The van der Waals surface area contributed by atoms with Crippen molar-refractivity contribution in [1.29, 1.82) is 0 Å². The van der Waals surface area contributed by atoms with Crippen molar-refractivity contribution in [2.24, 2.45) is 0 Å². The third-order valence-corrected chi connectivity index (χ3v) is 5.41. The second-order valence-electron chi connectivity index (χ2n) is 6.13. The number of rotatable bonds is 4. The maximum atomic E-state index is 13.4. The van der Waals surface area contributed by atoms with E-state index < -0.39 is 21.8 Å². The first-order chi connectivity index (χ1) is 13.6. The topological polar surface area (TPSA) is 63.4 Å². The maximum absolute atomic E-state index is 13.4. The number of nitrogens with zero attached hydrogens (tertiary/aromatic N) is 2. The smallest absolute Gasteiger partial charge is 0.263 e. The first-order valence-corrected chi connectivity index (χ1v) is 9.74. The molecule has 0 saturated carbocycles. The Balaban J connectivity index is 1.96. The molecule has 0 spiro atoms. The Hall–Kier alpha value is -3.38. The van der Waals surface area contributed by atoms with E-state index in [2.05, 4.69) is 14.6 Å². The summed E-state index contributed by atoms with van der Waals surface area (Å²) < 4.78 is 67.5. The summed E-state index contributed by atoms with van der Waals surface area (Å²) in [7, 11) is -3.95. The van der Waals surface area contributed by atoms with Crippen molar-refractivity contribution in [1.82, 2.24) is 4.98 Å². The van der Waals surface area contributed by atoms with Gasteiger partial charge >= 0.3 is 6.18 Å². The second kappa shape index (κ2) is 7.56. The first-order valence-electron chi connectivity index (χ1n) is 8.26. The summed E-state index contributed by atoms with van der Waals surface area (Å²) in [5.74, 6) is 0.142. The largest absolute Gasteiger partial charge is 0.415 e. The molecule has 0 bridgehead atoms. The fraction of sp³-hybridized carbons (Fsp3) is 0.100. The zero-order valence-electron chi connectivity index (χ0n) is 15.0. The number of sulfonamides is 1. The second-order valence-corrected chi connectivity index (χ2v) is 7.82. The molecule has 0 saturated heterocycles. The number of aromatic nitrogens is 1. The zero-order chi connectivity index (χ0) is 21.2. The molecule has 1 heterocycles. The van der Waals surface area contributed by atoms with Gasteiger partial charge in [0.1, 0.15) is 5.82 Å². The minimum atomic E-state index is -4.65. The third kappa shape index (κ3) is 4.55. The Labute approximate surface area is 165 Å². The Morgan fingerprint density at radius 3 is 2.31 bits per heavy atom. The minimum absolute atomic E-state index is 0.115. The lowest BCUT2D eigenvalue weighted by atomic mass is 9.99. The molecule has 0 aliphatic rings. The van der Waals surface area contributed by atoms with Crippen LogP contribution >= 0.6 is 0 Å². The fourth-order valence-corrected chi connectivity index (χ4v) is 3.70. The van der Waals surface area contributed by atoms with Gasteiger partial charge in [-0.3, -0.25) is 4.72 Å². The van der Waals surface area contributed by atoms with Crippen molar-refractivity contribution in [3.05, 3.63) is 83.3 Å². The number of halogens is 3. The molecule has 0 amide bonds. The standard InChI is InChI=1S/C20H14F3N3O2S/c1-13-4-3-5-19(25-13)26-29(27,28)16-9-6-14(7-10-16)17-11-8-15(24-2)12-18(17)20(21,22)23/h3-12H,1H3,(H,25,26). The molecule has 0 unspecified atom stereocenters. The molecule has 5 nitrogen and oxygen atoms in total. The maximum Gasteiger partial charge on any atom is 0.415 e. The van der Waals surface area contributed by atoms with E-state index in [9.17, 15) is 21.6 Å². The highest BCUT2D eigenvalue weighted by molar-refractivity contribution is 7.92. The van der Waals surface area contributed by atoms with E-state index in [1.165, 1.54) is 42.5 Å². The zero-order valence-corrected chi connectivity index (χ0v) is 15.8. The highest BCUT2D eigenvalue weighted by atomic mass is 32.2. The summed E-state index contributed by atoms with van der Waals surface area (Å²) in [5, 5.41) is 0. The fourth-order valence-electron chi connectivity index (χ4n) is 2.70. The molecule has 29 heavy (non-hydrogen) atoms. The molecule has 148 valence electrons. The number of nitrogens with one attached hydrogen (secondary N) is 1. The van der Waals surface area contributed by atoms with Gasteiger partial charge in [0.15, 0.2) is 5.69 Å². The SMILES string of the molecule is [C-]#[N+]c1ccc(-c2ccc(S(=O)(=O)Nc3cccc(C)n3)cc2)c(C(F)(F)F)c1. The van der Waals surface area contributed by atoms with Gasteiger partial charge in [-0.2, -0.15) is 13.2 Å². The summed E-state index contributed by atoms with van der Waals surface area (Å²) in [4.78, 5) is 6.98. The molecule has 0 aliphatic heterocycles. The summed E-state index contributed by atoms with van der Waals surface area (Å²) in [6.07, 6.45) is -4.65. The van der Waals surface area contributed by atoms with Crippen LogP contribution in [0.5, 0.6) is 0 Å². The van der Waals surface area contributed by atoms with Crippen LogP contribution < -0.4 is 4.72 Å². The molecule has 0 radical (unpaired) electrons. The molecule has 3 aromatic rings. The van der Waals surface area contributed by atoms with Crippen molar-refractivity contribution in [3.8, 4) is 11.1 Å². The normalized spacial score (nSPS) is 11.7. The van der Waals surface area contributed by atoms with E-state index in [0.717, 1.165) is 6.07 Å². The van der Waals surface area contributed by atoms with E-state index >= 15 is 0 Å². The van der Waals surface area contributed by atoms with Crippen molar-refractivity contribution in [2.45, 2.75) is 18.0 Å². The van der Waals surface area contributed by atoms with Crippen molar-refractivity contribution < 1.29 is 21.6 Å². The van der Waals surface area contributed by atoms with Gasteiger partial charge in [-0.15, -0.1) is 0 Å². The third-order valence-electron chi connectivity index (χ3n) is 4.04. The average Bonchev–Trinajstić information content (AvgIpc) is 2.66. The van der Waals surface area contributed by atoms with Crippen LogP contribution in [0.15, 0.2) is 65.6 Å². The van der Waals surface area contributed by atoms with Gasteiger partial charge in [0.2, 0.25) is 0 Å². The van der Waals surface area contributed by atoms with Crippen molar-refractivity contribution in [3.63, 3.8) is 0 Å². The highest BCUT2D eigenvalue weighted by Gasteiger charge is 2.33. The van der Waals surface area contributed by atoms with E-state index in [1.54, 1.807) is 19.1 Å². The lowest BCUT2D eigenvalue weighted by Gasteiger charge is -2.14. The van der Waals surface area contributed by atoms with Crippen LogP contribution in [-0.4, -0.2) is 13.4 Å². The molecule has 0 atom stereocenters. The number of alkyl halides is 3. The molecule has 1 aromatic heterocycles. The molecular formula is C20H14F3N3O2S. The average molecular weight is 417 g/mol. The first kappa shape index (κ1) is 20.4. The van der Waals surface area contributed by atoms with Crippen molar-refractivity contribution >= 4 is 21.5 Å². The van der Waals surface area contributed by atoms with Gasteiger partial charge in [-0.05, 0) is 48.4 Å². The van der Waals surface area contributed by atoms with Gasteiger partial charge in [-0.1, -0.05) is 30.3 Å². The summed E-state index contributed by atoms with van der Waals surface area (Å²) in [6.45, 7) is 8.61. The van der Waals surface area contributed by atoms with E-state index in [4.69, 9.17) is 6.57 Å². The summed E-state index contributed by atoms with van der Waals surface area (Å²) >= 11 is 0. The molecule has 0 aliphatic carbocycles. The van der Waals surface area contributed by atoms with Gasteiger partial charge in [-0.25, -0.2) is 18.2 Å². The van der Waals surface area contributed by atoms with Crippen LogP contribution in [0.3, 0.4) is 0 Å². The highest BCUT2D eigenvalue weighted by Crippen LogP contribution is 2.39. The van der Waals surface area contributed by atoms with E-state index in [-0.39, 0.29) is 27.5 Å². The number of pyridine rings is 1. The van der Waals surface area contributed by atoms with Crippen LogP contribution in [0.4, 0.5) is 24.7 Å². The Morgan fingerprint density at radius 2 is 1.72 bits per heavy atom. The number of anilines is 1. The van der Waals surface area contributed by atoms with Crippen LogP contribution in [-0.2, 0) is 16.2 Å². The predicted molar refractivity (Wildman–Crippen MR) is 103 cm³/mol. The number of benzene rings is 2. The quantitative estimate of drug-likeness (QED) is 0.576. The van der Waals surface area contributed by atoms with Crippen LogP contribution in [0.2, 0.25) is 0 Å². The number of aryl methyl sites for hydroxylation is 1. The number of hydrogen-bond donors (Lipinski definition) is 1. The number of hydrogen-bond acceptors (Lipinski definition) is 3. The van der Waals surface area contributed by atoms with Crippen LogP contribution in [0.25, 0.3) is 16.0 Å². The molecule has 1 N–H and O–H groups in total. The summed E-state index contributed by atoms with van der Waals surface area (Å²) in [6, 6.07) is 13.1. The van der Waals surface area contributed by atoms with E-state index in [0.29, 0.717) is 5.69 Å². The van der Waals surface area contributed by atoms with Gasteiger partial charge in [0.25, 0.3) is 10.0 Å². The lowest BCUT2D eigenvalue weighted by molar-refractivity contribution is -0.137. The van der Waals surface area contributed by atoms with Gasteiger partial charge in [0, 0.05) is 5.69 Å². The van der Waals surface area contributed by atoms with Crippen molar-refractivity contribution in [2.75, 3.05) is 4.72 Å². The Morgan fingerprint density at radius 1 is 1.03 bits per heavy atom. The minimum Gasteiger partial charge on any atom is -0.263 e. The monoisotopic (exact) mass is 417 g/mol. The molecule has 0 fully saturated rings. The van der Waals surface area contributed by atoms with Crippen LogP contribution in [0.1, 0.15) is 11.3 Å². The lowest BCUT2D eigenvalue weighted by Crippen LogP contribution is -2.14. The van der Waals surface area contributed by atoms with Gasteiger partial charge in [0.05, 0.1) is 17.0 Å². The predicted octanol–water partition coefficient (Wildman–Crippen LogP) is 5.43. The molecule has 3 rings (SSSR count). The Kier molecular flexibility index (Phi) is 5.31.